The van der Waals surface area contributed by atoms with Crippen LogP contribution >= 0.6 is 0 Å². The summed E-state index contributed by atoms with van der Waals surface area (Å²) >= 11 is 0. The largest absolute Gasteiger partial charge is 0.493 e. The van der Waals surface area contributed by atoms with Crippen LogP contribution in [0.15, 0.2) is 24.3 Å². The Bertz CT molecular complexity index is 764. The Labute approximate surface area is 151 Å². The number of benzene rings is 1. The lowest BCUT2D eigenvalue weighted by atomic mass is 9.83. The van der Waals surface area contributed by atoms with Crippen molar-refractivity contribution in [3.05, 3.63) is 29.8 Å². The average Bonchev–Trinajstić information content (AvgIpc) is 3.13. The number of carbonyl (C=O) groups is 3. The van der Waals surface area contributed by atoms with Gasteiger partial charge in [0.2, 0.25) is 0 Å². The summed E-state index contributed by atoms with van der Waals surface area (Å²) in [6, 6.07) is 6.02. The van der Waals surface area contributed by atoms with Crippen molar-refractivity contribution >= 4 is 17.9 Å². The van der Waals surface area contributed by atoms with Crippen molar-refractivity contribution in [1.82, 2.24) is 9.80 Å². The van der Waals surface area contributed by atoms with E-state index < -0.39 is 17.9 Å². The maximum absolute atomic E-state index is 13.1. The quantitative estimate of drug-likeness (QED) is 0.608. The first-order chi connectivity index (χ1) is 12.6. The Kier molecular flexibility index (Phi) is 4.09. The average molecular weight is 358 g/mol. The Morgan fingerprint density at radius 1 is 1.27 bits per heavy atom. The van der Waals surface area contributed by atoms with Gasteiger partial charge in [-0.3, -0.25) is 14.5 Å². The molecule has 0 radical (unpaired) electrons. The minimum Gasteiger partial charge on any atom is -0.493 e. The molecule has 0 unspecified atom stereocenters. The van der Waals surface area contributed by atoms with Crippen molar-refractivity contribution in [1.29, 1.82) is 0 Å². The summed E-state index contributed by atoms with van der Waals surface area (Å²) in [5.41, 5.74) is 0.846. The molecule has 1 aromatic rings. The van der Waals surface area contributed by atoms with Gasteiger partial charge in [-0.2, -0.15) is 0 Å². The highest BCUT2D eigenvalue weighted by molar-refractivity contribution is 6.07. The lowest BCUT2D eigenvalue weighted by molar-refractivity contribution is -0.150. The number of ether oxygens (including phenoxy) is 2. The summed E-state index contributed by atoms with van der Waals surface area (Å²) in [5, 5.41) is 0. The predicted octanol–water partition coefficient (Wildman–Crippen LogP) is 1.97. The molecule has 7 nitrogen and oxygen atoms in total. The number of amides is 3. The number of esters is 1. The topological polar surface area (TPSA) is 76.2 Å². The zero-order chi connectivity index (χ0) is 18.4. The maximum Gasteiger partial charge on any atom is 0.328 e. The lowest BCUT2D eigenvalue weighted by Gasteiger charge is -2.33. The summed E-state index contributed by atoms with van der Waals surface area (Å²) in [7, 11) is 1.31. The number of hydrogen-bond donors (Lipinski definition) is 0. The SMILES string of the molecule is CCCCN1C(=O)[C@@H]2[C@@H](C(=O)OC)[C@@H]3COc4ccccc4[C@H]3N2C1=O. The predicted molar refractivity (Wildman–Crippen MR) is 91.3 cm³/mol. The molecule has 4 rings (SSSR count). The molecular formula is C19H22N2O5. The Hall–Kier alpha value is -2.57. The number of para-hydroxylation sites is 1. The molecule has 0 saturated carbocycles. The maximum atomic E-state index is 13.1. The molecule has 0 aliphatic carbocycles. The van der Waals surface area contributed by atoms with Crippen molar-refractivity contribution in [2.45, 2.75) is 31.8 Å². The van der Waals surface area contributed by atoms with Gasteiger partial charge in [-0.05, 0) is 12.5 Å². The Balaban J connectivity index is 1.79. The highest BCUT2D eigenvalue weighted by Gasteiger charge is 2.64. The van der Waals surface area contributed by atoms with Gasteiger partial charge in [0.15, 0.2) is 0 Å². The zero-order valence-corrected chi connectivity index (χ0v) is 14.9. The molecule has 4 atom stereocenters. The molecule has 2 fully saturated rings. The smallest absolute Gasteiger partial charge is 0.328 e. The number of unbranched alkanes of at least 4 members (excludes halogenated alkanes) is 1. The Morgan fingerprint density at radius 2 is 2.04 bits per heavy atom. The number of fused-ring (bicyclic) bond motifs is 5. The minimum absolute atomic E-state index is 0.282. The second-order valence-corrected chi connectivity index (χ2v) is 6.98. The van der Waals surface area contributed by atoms with Crippen LogP contribution in [0.2, 0.25) is 0 Å². The van der Waals surface area contributed by atoms with Gasteiger partial charge in [0.1, 0.15) is 11.8 Å². The van der Waals surface area contributed by atoms with E-state index in [0.717, 1.165) is 18.4 Å². The van der Waals surface area contributed by atoms with Crippen LogP contribution in [0.3, 0.4) is 0 Å². The van der Waals surface area contributed by atoms with Gasteiger partial charge in [-0.15, -0.1) is 0 Å². The van der Waals surface area contributed by atoms with Crippen LogP contribution in [0.25, 0.3) is 0 Å². The van der Waals surface area contributed by atoms with Gasteiger partial charge in [-0.1, -0.05) is 31.5 Å². The molecule has 0 bridgehead atoms. The van der Waals surface area contributed by atoms with Gasteiger partial charge in [0, 0.05) is 18.0 Å². The van der Waals surface area contributed by atoms with E-state index in [-0.39, 0.29) is 30.5 Å². The van der Waals surface area contributed by atoms with E-state index in [9.17, 15) is 14.4 Å². The summed E-state index contributed by atoms with van der Waals surface area (Å²) in [4.78, 5) is 41.5. The molecular weight excluding hydrogens is 336 g/mol. The number of methoxy groups -OCH3 is 1. The van der Waals surface area contributed by atoms with Crippen LogP contribution in [0.1, 0.15) is 31.4 Å². The molecule has 3 aliphatic rings. The van der Waals surface area contributed by atoms with Gasteiger partial charge < -0.3 is 14.4 Å². The molecule has 0 spiro atoms. The highest BCUT2D eigenvalue weighted by Crippen LogP contribution is 2.53. The van der Waals surface area contributed by atoms with Crippen molar-refractivity contribution in [3.8, 4) is 5.75 Å². The van der Waals surface area contributed by atoms with Crippen molar-refractivity contribution < 1.29 is 23.9 Å². The summed E-state index contributed by atoms with van der Waals surface area (Å²) in [5.74, 6) is -1.06. The van der Waals surface area contributed by atoms with Crippen LogP contribution in [0, 0.1) is 11.8 Å². The standard InChI is InChI=1S/C19H22N2O5/c1-3-4-9-20-17(22)16-14(18(23)25-2)12-10-26-13-8-6-5-7-11(13)15(12)21(16)19(20)24/h5-8,12,14-16H,3-4,9-10H2,1-2H3/t12-,14-,15+,16-/m0/s1. The fraction of sp³-hybridized carbons (Fsp3) is 0.526. The number of urea groups is 1. The number of nitrogens with zero attached hydrogens (tertiary/aromatic N) is 2. The van der Waals surface area contributed by atoms with Crippen LogP contribution in [-0.2, 0) is 14.3 Å². The molecule has 0 N–H and O–H groups in total. The molecule has 7 heteroatoms. The van der Waals surface area contributed by atoms with Crippen molar-refractivity contribution in [3.63, 3.8) is 0 Å². The van der Waals surface area contributed by atoms with Gasteiger partial charge in [0.05, 0.1) is 25.7 Å². The monoisotopic (exact) mass is 358 g/mol. The molecule has 26 heavy (non-hydrogen) atoms. The summed E-state index contributed by atoms with van der Waals surface area (Å²) in [6.45, 7) is 2.67. The minimum atomic E-state index is -0.809. The third kappa shape index (κ3) is 2.22. The van der Waals surface area contributed by atoms with Crippen molar-refractivity contribution in [2.75, 3.05) is 20.3 Å². The molecule has 138 valence electrons. The van der Waals surface area contributed by atoms with Crippen LogP contribution < -0.4 is 4.74 Å². The van der Waals surface area contributed by atoms with Crippen LogP contribution in [-0.4, -0.2) is 54.0 Å². The van der Waals surface area contributed by atoms with Gasteiger partial charge in [0.25, 0.3) is 5.91 Å². The van der Waals surface area contributed by atoms with E-state index in [1.54, 1.807) is 4.90 Å². The van der Waals surface area contributed by atoms with Crippen LogP contribution in [0.5, 0.6) is 5.75 Å². The van der Waals surface area contributed by atoms with E-state index in [4.69, 9.17) is 9.47 Å². The number of hydrogen-bond acceptors (Lipinski definition) is 5. The first kappa shape index (κ1) is 16.9. The van der Waals surface area contributed by atoms with E-state index >= 15 is 0 Å². The van der Waals surface area contributed by atoms with E-state index in [1.807, 2.05) is 31.2 Å². The first-order valence-electron chi connectivity index (χ1n) is 9.03. The molecule has 1 aromatic carbocycles. The zero-order valence-electron chi connectivity index (χ0n) is 14.9. The molecule has 0 aromatic heterocycles. The third-order valence-electron chi connectivity index (χ3n) is 5.65. The van der Waals surface area contributed by atoms with Gasteiger partial charge in [-0.25, -0.2) is 4.79 Å². The molecule has 3 aliphatic heterocycles. The highest BCUT2D eigenvalue weighted by atomic mass is 16.5. The van der Waals surface area contributed by atoms with Crippen LogP contribution in [0.4, 0.5) is 4.79 Å². The first-order valence-corrected chi connectivity index (χ1v) is 9.03. The van der Waals surface area contributed by atoms with E-state index in [0.29, 0.717) is 12.3 Å². The second kappa shape index (κ2) is 6.30. The van der Waals surface area contributed by atoms with E-state index in [1.165, 1.54) is 12.0 Å². The summed E-state index contributed by atoms with van der Waals surface area (Å²) < 4.78 is 10.8. The molecule has 3 heterocycles. The van der Waals surface area contributed by atoms with E-state index in [2.05, 4.69) is 0 Å². The lowest BCUT2D eigenvalue weighted by Crippen LogP contribution is -2.42. The summed E-state index contributed by atoms with van der Waals surface area (Å²) in [6.07, 6.45) is 1.62. The fourth-order valence-electron chi connectivity index (χ4n) is 4.47. The number of imide groups is 1. The van der Waals surface area contributed by atoms with Gasteiger partial charge >= 0.3 is 12.0 Å². The van der Waals surface area contributed by atoms with Crippen molar-refractivity contribution in [2.24, 2.45) is 11.8 Å². The number of carbonyl (C=O) groups excluding carboxylic acids is 3. The second-order valence-electron chi connectivity index (χ2n) is 6.98. The fourth-order valence-corrected chi connectivity index (χ4v) is 4.47. The molecule has 3 amide bonds. The normalized spacial score (nSPS) is 29.2. The Morgan fingerprint density at radius 3 is 2.77 bits per heavy atom. The molecule has 2 saturated heterocycles. The number of rotatable bonds is 4. The third-order valence-corrected chi connectivity index (χ3v) is 5.65.